The van der Waals surface area contributed by atoms with Gasteiger partial charge in [0, 0.05) is 4.47 Å². The van der Waals surface area contributed by atoms with Gasteiger partial charge >= 0.3 is 5.97 Å². The summed E-state index contributed by atoms with van der Waals surface area (Å²) in [4.78, 5) is 10.7. The number of carboxylic acids is 1. The molecule has 1 N–H and O–H groups in total. The molecule has 0 atom stereocenters. The molecule has 0 bridgehead atoms. The first-order valence-electron chi connectivity index (χ1n) is 6.87. The van der Waals surface area contributed by atoms with E-state index >= 15 is 0 Å². The van der Waals surface area contributed by atoms with Gasteiger partial charge in [-0.05, 0) is 23.3 Å². The zero-order valence-electron chi connectivity index (χ0n) is 12.8. The Morgan fingerprint density at radius 1 is 1.04 bits per heavy atom. The van der Waals surface area contributed by atoms with Gasteiger partial charge < -0.3 is 19.3 Å². The molecule has 0 radical (unpaired) electrons. The Morgan fingerprint density at radius 2 is 1.57 bits per heavy atom. The third-order valence-electron chi connectivity index (χ3n) is 3.19. The standard InChI is InChI=1S/C17H17BrO5/c1-21-14-8-13(18)9-15(22-2)17(14)23-10-12-5-3-11(4-6-12)7-16(19)20/h3-6,8-9H,7,10H2,1-2H3,(H,19,20). The van der Waals surface area contributed by atoms with E-state index in [4.69, 9.17) is 19.3 Å². The summed E-state index contributed by atoms with van der Waals surface area (Å²) >= 11 is 3.39. The molecule has 0 aromatic heterocycles. The molecule has 0 unspecified atom stereocenters. The van der Waals surface area contributed by atoms with E-state index in [1.807, 2.05) is 12.1 Å². The van der Waals surface area contributed by atoms with E-state index in [1.54, 1.807) is 38.5 Å². The number of carboxylic acid groups (broad SMARTS) is 1. The van der Waals surface area contributed by atoms with E-state index in [-0.39, 0.29) is 6.42 Å². The predicted octanol–water partition coefficient (Wildman–Crippen LogP) is 3.67. The lowest BCUT2D eigenvalue weighted by molar-refractivity contribution is -0.136. The molecule has 0 fully saturated rings. The first-order valence-corrected chi connectivity index (χ1v) is 7.66. The molecule has 2 rings (SSSR count). The summed E-state index contributed by atoms with van der Waals surface area (Å²) in [6.45, 7) is 0.321. The van der Waals surface area contributed by atoms with Crippen molar-refractivity contribution in [2.24, 2.45) is 0 Å². The van der Waals surface area contributed by atoms with E-state index in [1.165, 1.54) is 0 Å². The monoisotopic (exact) mass is 380 g/mol. The average molecular weight is 381 g/mol. The molecule has 0 amide bonds. The van der Waals surface area contributed by atoms with Gasteiger partial charge in [-0.3, -0.25) is 4.79 Å². The zero-order chi connectivity index (χ0) is 16.8. The van der Waals surface area contributed by atoms with Gasteiger partial charge in [0.25, 0.3) is 0 Å². The van der Waals surface area contributed by atoms with Crippen LogP contribution in [0.15, 0.2) is 40.9 Å². The lowest BCUT2D eigenvalue weighted by atomic mass is 10.1. The second-order valence-electron chi connectivity index (χ2n) is 4.82. The molecule has 0 heterocycles. The second kappa shape index (κ2) is 7.87. The Kier molecular flexibility index (Phi) is 5.87. The van der Waals surface area contributed by atoms with E-state index < -0.39 is 5.97 Å². The maximum absolute atomic E-state index is 10.7. The first kappa shape index (κ1) is 17.1. The Morgan fingerprint density at radius 3 is 2.04 bits per heavy atom. The molecule has 6 heteroatoms. The summed E-state index contributed by atoms with van der Waals surface area (Å²) in [5.74, 6) is 0.809. The lowest BCUT2D eigenvalue weighted by Gasteiger charge is -2.15. The Bertz CT molecular complexity index is 657. The van der Waals surface area contributed by atoms with Crippen molar-refractivity contribution < 1.29 is 24.1 Å². The highest BCUT2D eigenvalue weighted by atomic mass is 79.9. The number of carbonyl (C=O) groups is 1. The van der Waals surface area contributed by atoms with Crippen molar-refractivity contribution in [1.29, 1.82) is 0 Å². The topological polar surface area (TPSA) is 65.0 Å². The molecule has 0 saturated heterocycles. The van der Waals surface area contributed by atoms with Crippen molar-refractivity contribution in [2.75, 3.05) is 14.2 Å². The minimum atomic E-state index is -0.849. The number of methoxy groups -OCH3 is 2. The Labute approximate surface area is 142 Å². The molecular formula is C17H17BrO5. The highest BCUT2D eigenvalue weighted by Crippen LogP contribution is 2.40. The van der Waals surface area contributed by atoms with Gasteiger partial charge in [0.05, 0.1) is 20.6 Å². The van der Waals surface area contributed by atoms with E-state index in [0.717, 1.165) is 15.6 Å². The Balaban J connectivity index is 2.12. The summed E-state index contributed by atoms with van der Waals surface area (Å²) in [5, 5.41) is 8.77. The van der Waals surface area contributed by atoms with Gasteiger partial charge in [0.1, 0.15) is 6.61 Å². The molecule has 2 aromatic carbocycles. The molecule has 0 aliphatic rings. The number of benzene rings is 2. The normalized spacial score (nSPS) is 10.2. The SMILES string of the molecule is COc1cc(Br)cc(OC)c1OCc1ccc(CC(=O)O)cc1. The van der Waals surface area contributed by atoms with Crippen LogP contribution < -0.4 is 14.2 Å². The molecule has 0 saturated carbocycles. The van der Waals surface area contributed by atoms with Gasteiger partial charge in [-0.25, -0.2) is 0 Å². The zero-order valence-corrected chi connectivity index (χ0v) is 14.4. The van der Waals surface area contributed by atoms with Crippen LogP contribution in [0.2, 0.25) is 0 Å². The van der Waals surface area contributed by atoms with Crippen molar-refractivity contribution in [1.82, 2.24) is 0 Å². The maximum atomic E-state index is 10.7. The van der Waals surface area contributed by atoms with Crippen LogP contribution in [0.4, 0.5) is 0 Å². The van der Waals surface area contributed by atoms with Crippen LogP contribution in [0.1, 0.15) is 11.1 Å². The van der Waals surface area contributed by atoms with Crippen LogP contribution in [0.5, 0.6) is 17.2 Å². The van der Waals surface area contributed by atoms with Gasteiger partial charge in [-0.1, -0.05) is 40.2 Å². The first-order chi connectivity index (χ1) is 11.0. The van der Waals surface area contributed by atoms with E-state index in [2.05, 4.69) is 15.9 Å². The van der Waals surface area contributed by atoms with E-state index in [9.17, 15) is 4.79 Å². The van der Waals surface area contributed by atoms with Crippen LogP contribution in [0.25, 0.3) is 0 Å². The lowest BCUT2D eigenvalue weighted by Crippen LogP contribution is -2.02. The smallest absolute Gasteiger partial charge is 0.307 e. The Hall–Kier alpha value is -2.21. The largest absolute Gasteiger partial charge is 0.493 e. The van der Waals surface area contributed by atoms with Crippen molar-refractivity contribution >= 4 is 21.9 Å². The van der Waals surface area contributed by atoms with Crippen LogP contribution in [0, 0.1) is 0 Å². The third-order valence-corrected chi connectivity index (χ3v) is 3.64. The molecule has 2 aromatic rings. The number of hydrogen-bond donors (Lipinski definition) is 1. The molecule has 0 spiro atoms. The third kappa shape index (κ3) is 4.63. The second-order valence-corrected chi connectivity index (χ2v) is 5.73. The number of hydrogen-bond acceptors (Lipinski definition) is 4. The average Bonchev–Trinajstić information content (AvgIpc) is 2.53. The number of rotatable bonds is 7. The van der Waals surface area contributed by atoms with Crippen LogP contribution in [-0.4, -0.2) is 25.3 Å². The van der Waals surface area contributed by atoms with Gasteiger partial charge in [-0.15, -0.1) is 0 Å². The summed E-state index contributed by atoms with van der Waals surface area (Å²) in [6.07, 6.45) is 0.00942. The number of aliphatic carboxylic acids is 1. The van der Waals surface area contributed by atoms with Crippen LogP contribution in [-0.2, 0) is 17.8 Å². The fourth-order valence-corrected chi connectivity index (χ4v) is 2.49. The fraction of sp³-hybridized carbons (Fsp3) is 0.235. The number of halogens is 1. The summed E-state index contributed by atoms with van der Waals surface area (Å²) in [7, 11) is 3.13. The summed E-state index contributed by atoms with van der Waals surface area (Å²) in [5.41, 5.74) is 1.67. The molecule has 5 nitrogen and oxygen atoms in total. The minimum absolute atomic E-state index is 0.00942. The quantitative estimate of drug-likeness (QED) is 0.793. The van der Waals surface area contributed by atoms with Crippen molar-refractivity contribution in [2.45, 2.75) is 13.0 Å². The summed E-state index contributed by atoms with van der Waals surface area (Å²) < 4.78 is 17.3. The fourth-order valence-electron chi connectivity index (χ4n) is 2.07. The van der Waals surface area contributed by atoms with Gasteiger partial charge in [-0.2, -0.15) is 0 Å². The van der Waals surface area contributed by atoms with Crippen LogP contribution in [0.3, 0.4) is 0 Å². The van der Waals surface area contributed by atoms with Crippen molar-refractivity contribution in [3.8, 4) is 17.2 Å². The molecule has 0 aliphatic heterocycles. The highest BCUT2D eigenvalue weighted by Gasteiger charge is 2.13. The molecular weight excluding hydrogens is 364 g/mol. The molecule has 0 aliphatic carbocycles. The number of ether oxygens (including phenoxy) is 3. The minimum Gasteiger partial charge on any atom is -0.493 e. The van der Waals surface area contributed by atoms with E-state index in [0.29, 0.717) is 23.9 Å². The maximum Gasteiger partial charge on any atom is 0.307 e. The predicted molar refractivity (Wildman–Crippen MR) is 89.4 cm³/mol. The van der Waals surface area contributed by atoms with Crippen molar-refractivity contribution in [3.63, 3.8) is 0 Å². The highest BCUT2D eigenvalue weighted by molar-refractivity contribution is 9.10. The van der Waals surface area contributed by atoms with Gasteiger partial charge in [0.15, 0.2) is 11.5 Å². The van der Waals surface area contributed by atoms with Gasteiger partial charge in [0.2, 0.25) is 5.75 Å². The summed E-state index contributed by atoms with van der Waals surface area (Å²) in [6, 6.07) is 10.8. The molecule has 23 heavy (non-hydrogen) atoms. The molecule has 122 valence electrons. The van der Waals surface area contributed by atoms with Crippen molar-refractivity contribution in [3.05, 3.63) is 52.0 Å². The van der Waals surface area contributed by atoms with Crippen LogP contribution >= 0.6 is 15.9 Å².